The molecule has 3 nitrogen and oxygen atoms in total. The lowest BCUT2D eigenvalue weighted by atomic mass is 10.6. The molecule has 38 valence electrons. The van der Waals surface area contributed by atoms with Gasteiger partial charge >= 0.3 is 14.2 Å². The monoisotopic (exact) mass is 100 g/mol. The van der Waals surface area contributed by atoms with Crippen LogP contribution < -0.4 is 0 Å². The van der Waals surface area contributed by atoms with Crippen LogP contribution in [0.5, 0.6) is 0 Å². The molecule has 0 aliphatic carbocycles. The SMILES string of the molecule is [B]OC(=O)OCC. The van der Waals surface area contributed by atoms with Gasteiger partial charge in [-0.15, -0.1) is 0 Å². The van der Waals surface area contributed by atoms with Crippen LogP contribution in [0.4, 0.5) is 4.79 Å². The van der Waals surface area contributed by atoms with Crippen LogP contribution in [-0.2, 0) is 9.39 Å². The highest BCUT2D eigenvalue weighted by Crippen LogP contribution is 1.77. The third-order valence-electron chi connectivity index (χ3n) is 0.358. The van der Waals surface area contributed by atoms with Crippen molar-refractivity contribution in [2.24, 2.45) is 0 Å². The highest BCUT2D eigenvalue weighted by molar-refractivity contribution is 6.04. The van der Waals surface area contributed by atoms with Crippen LogP contribution >= 0.6 is 0 Å². The quantitative estimate of drug-likeness (QED) is 0.349. The van der Waals surface area contributed by atoms with Gasteiger partial charge in [0, 0.05) is 0 Å². The second kappa shape index (κ2) is 3.52. The fraction of sp³-hybridized carbons (Fsp3) is 0.667. The fourth-order valence-electron chi connectivity index (χ4n) is 0.152. The minimum atomic E-state index is -0.845. The summed E-state index contributed by atoms with van der Waals surface area (Å²) in [6.07, 6.45) is -0.845. The molecular weight excluding hydrogens is 94.8 g/mol. The van der Waals surface area contributed by atoms with Crippen molar-refractivity contribution in [1.29, 1.82) is 0 Å². The van der Waals surface area contributed by atoms with E-state index in [0.29, 0.717) is 0 Å². The molecule has 0 amide bonds. The molecule has 0 aliphatic heterocycles. The van der Waals surface area contributed by atoms with Crippen LogP contribution in [0, 0.1) is 0 Å². The normalized spacial score (nSPS) is 7.57. The Kier molecular flexibility index (Phi) is 3.19. The lowest BCUT2D eigenvalue weighted by Gasteiger charge is -1.95. The molecule has 0 aromatic rings. The third-order valence-corrected chi connectivity index (χ3v) is 0.358. The first-order valence-electron chi connectivity index (χ1n) is 1.84. The Morgan fingerprint density at radius 3 is 2.57 bits per heavy atom. The molecule has 7 heavy (non-hydrogen) atoms. The maximum Gasteiger partial charge on any atom is 0.489 e. The summed E-state index contributed by atoms with van der Waals surface area (Å²) in [6.45, 7) is 1.95. The zero-order valence-corrected chi connectivity index (χ0v) is 4.01. The van der Waals surface area contributed by atoms with Gasteiger partial charge in [-0.2, -0.15) is 0 Å². The molecular formula is C3H5BO3. The van der Waals surface area contributed by atoms with Gasteiger partial charge in [-0.25, -0.2) is 4.79 Å². The molecule has 0 fully saturated rings. The summed E-state index contributed by atoms with van der Waals surface area (Å²) in [5, 5.41) is 0. The lowest BCUT2D eigenvalue weighted by molar-refractivity contribution is 0.108. The number of ether oxygens (including phenoxy) is 1. The van der Waals surface area contributed by atoms with Crippen molar-refractivity contribution in [3.05, 3.63) is 0 Å². The molecule has 0 spiro atoms. The van der Waals surface area contributed by atoms with Gasteiger partial charge < -0.3 is 9.39 Å². The molecule has 0 unspecified atom stereocenters. The molecule has 0 aromatic heterocycles. The van der Waals surface area contributed by atoms with Crippen LogP contribution in [0.15, 0.2) is 0 Å². The molecule has 0 N–H and O–H groups in total. The van der Waals surface area contributed by atoms with Crippen molar-refractivity contribution in [3.63, 3.8) is 0 Å². The van der Waals surface area contributed by atoms with E-state index in [-0.39, 0.29) is 6.61 Å². The van der Waals surface area contributed by atoms with Gasteiger partial charge in [-0.05, 0) is 6.92 Å². The number of rotatable bonds is 1. The standard InChI is InChI=1S/C3H5BO3/c1-2-6-3(5)7-4/h2H2,1H3. The Bertz CT molecular complexity index is 63.2. The van der Waals surface area contributed by atoms with Crippen LogP contribution in [0.1, 0.15) is 6.92 Å². The summed E-state index contributed by atoms with van der Waals surface area (Å²) in [6, 6.07) is 0. The molecule has 2 radical (unpaired) electrons. The first kappa shape index (κ1) is 6.33. The molecule has 0 heterocycles. The van der Waals surface area contributed by atoms with E-state index in [1.165, 1.54) is 0 Å². The van der Waals surface area contributed by atoms with Gasteiger partial charge in [-0.1, -0.05) is 0 Å². The Labute approximate surface area is 43.0 Å². The highest BCUT2D eigenvalue weighted by Gasteiger charge is 1.92. The predicted molar refractivity (Wildman–Crippen MR) is 23.9 cm³/mol. The highest BCUT2D eigenvalue weighted by atomic mass is 16.7. The smallest absolute Gasteiger partial charge is 0.489 e. The number of carbonyl (C=O) groups excluding carboxylic acids is 1. The molecule has 0 rings (SSSR count). The van der Waals surface area contributed by atoms with Crippen LogP contribution in [0.2, 0.25) is 0 Å². The topological polar surface area (TPSA) is 35.5 Å². The zero-order valence-electron chi connectivity index (χ0n) is 4.01. The van der Waals surface area contributed by atoms with Gasteiger partial charge in [0.25, 0.3) is 0 Å². The van der Waals surface area contributed by atoms with Gasteiger partial charge in [-0.3, -0.25) is 0 Å². The summed E-state index contributed by atoms with van der Waals surface area (Å²) < 4.78 is 7.83. The predicted octanol–water partition coefficient (Wildman–Crippen LogP) is 0.243. The molecule has 0 saturated carbocycles. The number of hydrogen-bond donors (Lipinski definition) is 0. The average molecular weight is 99.9 g/mol. The van der Waals surface area contributed by atoms with Gasteiger partial charge in [0.1, 0.15) is 0 Å². The van der Waals surface area contributed by atoms with Gasteiger partial charge in [0.05, 0.1) is 6.61 Å². The van der Waals surface area contributed by atoms with Crippen molar-refractivity contribution < 1.29 is 14.2 Å². The van der Waals surface area contributed by atoms with E-state index in [1.807, 2.05) is 0 Å². The summed E-state index contributed by atoms with van der Waals surface area (Å²) in [7, 11) is 4.38. The summed E-state index contributed by atoms with van der Waals surface area (Å²) in [5.74, 6) is 0. The van der Waals surface area contributed by atoms with Crippen LogP contribution in [0.25, 0.3) is 0 Å². The summed E-state index contributed by atoms with van der Waals surface area (Å²) in [5.41, 5.74) is 0. The first-order chi connectivity index (χ1) is 3.31. The van der Waals surface area contributed by atoms with E-state index < -0.39 is 6.16 Å². The first-order valence-corrected chi connectivity index (χ1v) is 1.84. The Morgan fingerprint density at radius 1 is 1.86 bits per heavy atom. The lowest BCUT2D eigenvalue weighted by Crippen LogP contribution is -2.03. The zero-order chi connectivity index (χ0) is 5.70. The van der Waals surface area contributed by atoms with Gasteiger partial charge in [0.15, 0.2) is 0 Å². The average Bonchev–Trinajstić information content (AvgIpc) is 1.68. The molecule has 0 bridgehead atoms. The van der Waals surface area contributed by atoms with Crippen molar-refractivity contribution in [2.45, 2.75) is 6.92 Å². The molecule has 0 aliphatic rings. The number of hydrogen-bond acceptors (Lipinski definition) is 3. The second-order valence-corrected chi connectivity index (χ2v) is 0.801. The van der Waals surface area contributed by atoms with E-state index in [9.17, 15) is 4.79 Å². The van der Waals surface area contributed by atoms with Crippen molar-refractivity contribution in [1.82, 2.24) is 0 Å². The number of carbonyl (C=O) groups is 1. The van der Waals surface area contributed by atoms with Crippen molar-refractivity contribution in [2.75, 3.05) is 6.61 Å². The Morgan fingerprint density at radius 2 is 2.43 bits per heavy atom. The maximum absolute atomic E-state index is 9.84. The van der Waals surface area contributed by atoms with Crippen LogP contribution in [-0.4, -0.2) is 20.8 Å². The van der Waals surface area contributed by atoms with Crippen LogP contribution in [0.3, 0.4) is 0 Å². The molecule has 0 atom stereocenters. The van der Waals surface area contributed by atoms with E-state index >= 15 is 0 Å². The van der Waals surface area contributed by atoms with E-state index in [1.54, 1.807) is 6.92 Å². The molecule has 0 saturated heterocycles. The van der Waals surface area contributed by atoms with Crippen molar-refractivity contribution in [3.8, 4) is 0 Å². The maximum atomic E-state index is 9.84. The third kappa shape index (κ3) is 3.16. The van der Waals surface area contributed by atoms with Gasteiger partial charge in [0.2, 0.25) is 0 Å². The minimum Gasteiger partial charge on any atom is -0.513 e. The molecule has 4 heteroatoms. The summed E-state index contributed by atoms with van der Waals surface area (Å²) in [4.78, 5) is 9.84. The fourth-order valence-corrected chi connectivity index (χ4v) is 0.152. The Hall–Kier alpha value is -0.665. The summed E-state index contributed by atoms with van der Waals surface area (Å²) >= 11 is 0. The molecule has 0 aromatic carbocycles. The largest absolute Gasteiger partial charge is 0.513 e. The van der Waals surface area contributed by atoms with Crippen molar-refractivity contribution >= 4 is 14.2 Å². The van der Waals surface area contributed by atoms with E-state index in [4.69, 9.17) is 0 Å². The van der Waals surface area contributed by atoms with E-state index in [2.05, 4.69) is 17.4 Å². The second-order valence-electron chi connectivity index (χ2n) is 0.801. The minimum absolute atomic E-state index is 0.288. The Balaban J connectivity index is 3.00. The van der Waals surface area contributed by atoms with E-state index in [0.717, 1.165) is 0 Å².